The zero-order chi connectivity index (χ0) is 24.1. The minimum Gasteiger partial charge on any atom is -0.507 e. The number of halogens is 2. The number of ketones is 1. The Bertz CT molecular complexity index is 1490. The first-order valence-electron chi connectivity index (χ1n) is 10.4. The zero-order valence-electron chi connectivity index (χ0n) is 18.2. The van der Waals surface area contributed by atoms with Crippen LogP contribution in [-0.2, 0) is 9.59 Å². The first kappa shape index (κ1) is 22.7. The van der Waals surface area contributed by atoms with Crippen LogP contribution < -0.4 is 4.90 Å². The van der Waals surface area contributed by atoms with Crippen LogP contribution >= 0.6 is 33.9 Å². The van der Waals surface area contributed by atoms with Crippen molar-refractivity contribution in [3.63, 3.8) is 0 Å². The number of nitrogens with zero attached hydrogens (tertiary/aromatic N) is 2. The second-order valence-corrected chi connectivity index (χ2v) is 10.4. The molecule has 1 saturated heterocycles. The van der Waals surface area contributed by atoms with E-state index in [2.05, 4.69) is 22.6 Å². The van der Waals surface area contributed by atoms with E-state index in [9.17, 15) is 19.1 Å². The third-order valence-electron chi connectivity index (χ3n) is 5.77. The quantitative estimate of drug-likeness (QED) is 0.133. The molecule has 1 unspecified atom stereocenters. The fourth-order valence-electron chi connectivity index (χ4n) is 4.22. The van der Waals surface area contributed by atoms with Crippen molar-refractivity contribution in [3.8, 4) is 0 Å². The van der Waals surface area contributed by atoms with Crippen LogP contribution in [0.15, 0.2) is 66.2 Å². The van der Waals surface area contributed by atoms with E-state index in [1.807, 2.05) is 50.2 Å². The first-order chi connectivity index (χ1) is 16.2. The second-order valence-electron chi connectivity index (χ2n) is 8.15. The molecule has 1 N–H and O–H groups in total. The van der Waals surface area contributed by atoms with E-state index in [1.165, 1.54) is 40.5 Å². The Morgan fingerprint density at radius 3 is 2.41 bits per heavy atom. The number of carbonyl (C=O) groups is 2. The van der Waals surface area contributed by atoms with Gasteiger partial charge in [0.1, 0.15) is 11.6 Å². The van der Waals surface area contributed by atoms with Crippen molar-refractivity contribution < 1.29 is 19.1 Å². The summed E-state index contributed by atoms with van der Waals surface area (Å²) in [4.78, 5) is 32.6. The molecule has 34 heavy (non-hydrogen) atoms. The van der Waals surface area contributed by atoms with Gasteiger partial charge in [-0.15, -0.1) is 0 Å². The van der Waals surface area contributed by atoms with E-state index in [0.29, 0.717) is 10.7 Å². The maximum atomic E-state index is 13.5. The summed E-state index contributed by atoms with van der Waals surface area (Å²) >= 11 is 3.51. The number of amides is 1. The first-order valence-corrected chi connectivity index (χ1v) is 12.3. The molecule has 170 valence electrons. The summed E-state index contributed by atoms with van der Waals surface area (Å²) in [5.74, 6) is -2.39. The summed E-state index contributed by atoms with van der Waals surface area (Å²) in [6.07, 6.45) is 0. The van der Waals surface area contributed by atoms with E-state index in [0.717, 1.165) is 24.9 Å². The molecular formula is C26H18FIN2O3S. The summed E-state index contributed by atoms with van der Waals surface area (Å²) in [6.45, 7) is 3.95. The molecule has 1 aliphatic rings. The smallest absolute Gasteiger partial charge is 0.301 e. The summed E-state index contributed by atoms with van der Waals surface area (Å²) in [6, 6.07) is 15.7. The molecule has 0 bridgehead atoms. The molecule has 1 amide bonds. The molecule has 8 heteroatoms. The van der Waals surface area contributed by atoms with Gasteiger partial charge in [0.15, 0.2) is 5.13 Å². The van der Waals surface area contributed by atoms with Crippen LogP contribution in [0.5, 0.6) is 0 Å². The topological polar surface area (TPSA) is 70.5 Å². The number of hydrogen-bond acceptors (Lipinski definition) is 5. The number of Topliss-reactive ketones (excluding diaryl/α,β-unsaturated/α-hetero) is 1. The lowest BCUT2D eigenvalue weighted by molar-refractivity contribution is -0.132. The molecule has 0 spiro atoms. The molecule has 5 rings (SSSR count). The number of aliphatic hydroxyl groups excluding tert-OH is 1. The van der Waals surface area contributed by atoms with Crippen molar-refractivity contribution >= 4 is 66.7 Å². The van der Waals surface area contributed by atoms with Crippen molar-refractivity contribution in [3.05, 3.63) is 97.9 Å². The Labute approximate surface area is 212 Å². The SMILES string of the molecule is Cc1cc(C)c2nc(N3C(=O)C(=O)C(=C(O)c4ccc(F)cc4)C3c3ccc(I)cc3)sc2c1. The normalized spacial score (nSPS) is 17.6. The molecule has 1 aromatic heterocycles. The highest BCUT2D eigenvalue weighted by Crippen LogP contribution is 2.44. The Kier molecular flexibility index (Phi) is 5.73. The van der Waals surface area contributed by atoms with Crippen LogP contribution in [0.2, 0.25) is 0 Å². The average molecular weight is 584 g/mol. The number of anilines is 1. The van der Waals surface area contributed by atoms with Gasteiger partial charge >= 0.3 is 5.91 Å². The Morgan fingerprint density at radius 2 is 1.74 bits per heavy atom. The molecule has 5 nitrogen and oxygen atoms in total. The van der Waals surface area contributed by atoms with Gasteiger partial charge in [0.2, 0.25) is 0 Å². The fraction of sp³-hybridized carbons (Fsp3) is 0.115. The monoisotopic (exact) mass is 584 g/mol. The molecule has 1 fully saturated rings. The minimum atomic E-state index is -0.871. The van der Waals surface area contributed by atoms with Gasteiger partial charge < -0.3 is 5.11 Å². The number of carbonyl (C=O) groups excluding carboxylic acids is 2. The van der Waals surface area contributed by atoms with Crippen molar-refractivity contribution in [1.29, 1.82) is 0 Å². The lowest BCUT2D eigenvalue weighted by atomic mass is 9.95. The summed E-state index contributed by atoms with van der Waals surface area (Å²) in [5, 5.41) is 11.5. The molecule has 4 aromatic rings. The third kappa shape index (κ3) is 3.80. The van der Waals surface area contributed by atoms with Crippen LogP contribution in [0.3, 0.4) is 0 Å². The predicted molar refractivity (Wildman–Crippen MR) is 139 cm³/mol. The molecule has 0 radical (unpaired) electrons. The largest absolute Gasteiger partial charge is 0.507 e. The standard InChI is InChI=1S/C26H18FIN2O3S/c1-13-11-14(2)21-19(12-13)34-26(29-21)30-22(15-5-9-18(28)10-6-15)20(24(32)25(30)33)23(31)16-3-7-17(27)8-4-16/h3-12,22,31H,1-2H3. The van der Waals surface area contributed by atoms with E-state index in [4.69, 9.17) is 4.98 Å². The number of hydrogen-bond donors (Lipinski definition) is 1. The Balaban J connectivity index is 1.74. The van der Waals surface area contributed by atoms with Crippen LogP contribution in [0.25, 0.3) is 16.0 Å². The fourth-order valence-corrected chi connectivity index (χ4v) is 5.74. The van der Waals surface area contributed by atoms with Gasteiger partial charge in [-0.1, -0.05) is 29.5 Å². The number of thiazole rings is 1. The average Bonchev–Trinajstić information content (AvgIpc) is 3.33. The molecule has 0 saturated carbocycles. The van der Waals surface area contributed by atoms with Gasteiger partial charge in [-0.2, -0.15) is 0 Å². The number of aliphatic hydroxyl groups is 1. The molecule has 0 aliphatic carbocycles. The molecular weight excluding hydrogens is 566 g/mol. The summed E-state index contributed by atoms with van der Waals surface area (Å²) < 4.78 is 15.4. The summed E-state index contributed by atoms with van der Waals surface area (Å²) in [7, 11) is 0. The molecule has 2 heterocycles. The molecule has 1 aliphatic heterocycles. The van der Waals surface area contributed by atoms with Crippen molar-refractivity contribution in [2.75, 3.05) is 4.90 Å². The predicted octanol–water partition coefficient (Wildman–Crippen LogP) is 6.28. The summed E-state index contributed by atoms with van der Waals surface area (Å²) in [5.41, 5.74) is 3.69. The highest BCUT2D eigenvalue weighted by molar-refractivity contribution is 14.1. The Morgan fingerprint density at radius 1 is 1.06 bits per heavy atom. The maximum Gasteiger partial charge on any atom is 0.301 e. The van der Waals surface area contributed by atoms with Gasteiger partial charge in [-0.3, -0.25) is 14.5 Å². The van der Waals surface area contributed by atoms with E-state index in [1.54, 1.807) is 0 Å². The number of fused-ring (bicyclic) bond motifs is 1. The number of rotatable bonds is 3. The third-order valence-corrected chi connectivity index (χ3v) is 7.49. The zero-order valence-corrected chi connectivity index (χ0v) is 21.1. The van der Waals surface area contributed by atoms with Crippen LogP contribution in [0.1, 0.15) is 28.3 Å². The van der Waals surface area contributed by atoms with E-state index >= 15 is 0 Å². The van der Waals surface area contributed by atoms with Crippen molar-refractivity contribution in [2.45, 2.75) is 19.9 Å². The minimum absolute atomic E-state index is 0.0509. The van der Waals surface area contributed by atoms with Gasteiger partial charge in [-0.05, 0) is 95.6 Å². The lowest BCUT2D eigenvalue weighted by Crippen LogP contribution is -2.29. The Hall–Kier alpha value is -3.11. The van der Waals surface area contributed by atoms with E-state index < -0.39 is 23.5 Å². The van der Waals surface area contributed by atoms with E-state index in [-0.39, 0.29) is 16.9 Å². The molecule has 1 atom stereocenters. The number of aromatic nitrogens is 1. The second kappa shape index (κ2) is 8.59. The number of benzene rings is 3. The van der Waals surface area contributed by atoms with Gasteiger partial charge in [-0.25, -0.2) is 9.37 Å². The lowest BCUT2D eigenvalue weighted by Gasteiger charge is -2.23. The molecule has 3 aromatic carbocycles. The highest BCUT2D eigenvalue weighted by atomic mass is 127. The van der Waals surface area contributed by atoms with Crippen LogP contribution in [0, 0.1) is 23.2 Å². The van der Waals surface area contributed by atoms with Gasteiger partial charge in [0.05, 0.1) is 21.8 Å². The van der Waals surface area contributed by atoms with Crippen molar-refractivity contribution in [2.24, 2.45) is 0 Å². The van der Waals surface area contributed by atoms with Crippen molar-refractivity contribution in [1.82, 2.24) is 4.98 Å². The van der Waals surface area contributed by atoms with Gasteiger partial charge in [0, 0.05) is 9.13 Å². The van der Waals surface area contributed by atoms with Crippen LogP contribution in [0.4, 0.5) is 9.52 Å². The van der Waals surface area contributed by atoms with Crippen LogP contribution in [-0.4, -0.2) is 21.8 Å². The maximum absolute atomic E-state index is 13.5. The number of aryl methyl sites for hydroxylation is 2. The highest BCUT2D eigenvalue weighted by Gasteiger charge is 2.48. The van der Waals surface area contributed by atoms with Gasteiger partial charge in [0.25, 0.3) is 5.78 Å².